The standard InChI is InChI=1S/C11H16O.C10H13F/c1-11(2,3)9-6-5-7-10(8-9)12-4;1-10(2,3)8-5-4-6-9(11)7-8/h5-8H,1-4H3;4-7H,1-3H3. The molecule has 0 saturated heterocycles. The lowest BCUT2D eigenvalue weighted by molar-refractivity contribution is 0.412. The van der Waals surface area contributed by atoms with Gasteiger partial charge in [0.05, 0.1) is 7.11 Å². The summed E-state index contributed by atoms with van der Waals surface area (Å²) in [4.78, 5) is 0. The van der Waals surface area contributed by atoms with Crippen molar-refractivity contribution in [3.05, 3.63) is 65.5 Å². The number of benzene rings is 2. The van der Waals surface area contributed by atoms with Gasteiger partial charge in [0.1, 0.15) is 11.6 Å². The summed E-state index contributed by atoms with van der Waals surface area (Å²) in [5.41, 5.74) is 2.59. The highest BCUT2D eigenvalue weighted by atomic mass is 19.1. The van der Waals surface area contributed by atoms with E-state index in [1.54, 1.807) is 19.2 Å². The number of halogens is 1. The van der Waals surface area contributed by atoms with Gasteiger partial charge in [-0.1, -0.05) is 65.8 Å². The molecule has 0 fully saturated rings. The maximum Gasteiger partial charge on any atom is 0.123 e. The molecular formula is C21H29FO. The molecule has 0 bridgehead atoms. The second kappa shape index (κ2) is 7.63. The second-order valence-corrected chi connectivity index (χ2v) is 7.74. The van der Waals surface area contributed by atoms with E-state index in [4.69, 9.17) is 4.74 Å². The summed E-state index contributed by atoms with van der Waals surface area (Å²) in [5, 5.41) is 0. The van der Waals surface area contributed by atoms with Crippen molar-refractivity contribution in [1.29, 1.82) is 0 Å². The fourth-order valence-corrected chi connectivity index (χ4v) is 2.04. The number of hydrogen-bond acceptors (Lipinski definition) is 1. The van der Waals surface area contributed by atoms with Gasteiger partial charge in [-0.15, -0.1) is 0 Å². The van der Waals surface area contributed by atoms with Crippen molar-refractivity contribution in [2.75, 3.05) is 7.11 Å². The monoisotopic (exact) mass is 316 g/mol. The van der Waals surface area contributed by atoms with Crippen LogP contribution in [0.25, 0.3) is 0 Å². The SMILES string of the molecule is CC(C)(C)c1cccc(F)c1.COc1cccc(C(C)(C)C)c1. The zero-order valence-corrected chi connectivity index (χ0v) is 15.4. The predicted molar refractivity (Wildman–Crippen MR) is 96.8 cm³/mol. The molecule has 23 heavy (non-hydrogen) atoms. The molecule has 0 saturated carbocycles. The van der Waals surface area contributed by atoms with Gasteiger partial charge < -0.3 is 4.74 Å². The quantitative estimate of drug-likeness (QED) is 0.616. The third-order valence-electron chi connectivity index (χ3n) is 3.63. The first-order valence-electron chi connectivity index (χ1n) is 7.94. The summed E-state index contributed by atoms with van der Waals surface area (Å²) in [7, 11) is 1.70. The first-order valence-corrected chi connectivity index (χ1v) is 7.94. The molecule has 2 heteroatoms. The van der Waals surface area contributed by atoms with Crippen LogP contribution in [0, 0.1) is 5.82 Å². The minimum absolute atomic E-state index is 0.0437. The van der Waals surface area contributed by atoms with Crippen LogP contribution in [-0.4, -0.2) is 7.11 Å². The Balaban J connectivity index is 0.000000231. The van der Waals surface area contributed by atoms with E-state index in [1.165, 1.54) is 11.6 Å². The maximum atomic E-state index is 12.7. The van der Waals surface area contributed by atoms with Crippen molar-refractivity contribution in [1.82, 2.24) is 0 Å². The summed E-state index contributed by atoms with van der Waals surface area (Å²) in [6, 6.07) is 14.9. The fourth-order valence-electron chi connectivity index (χ4n) is 2.04. The molecule has 0 radical (unpaired) electrons. The molecule has 0 aromatic heterocycles. The largest absolute Gasteiger partial charge is 0.497 e. The normalized spacial score (nSPS) is 11.5. The van der Waals surface area contributed by atoms with Crippen LogP contribution in [0.15, 0.2) is 48.5 Å². The molecule has 0 amide bonds. The van der Waals surface area contributed by atoms with Gasteiger partial charge in [0, 0.05) is 0 Å². The lowest BCUT2D eigenvalue weighted by Crippen LogP contribution is -2.10. The van der Waals surface area contributed by atoms with Crippen LogP contribution in [0.2, 0.25) is 0 Å². The molecule has 0 unspecified atom stereocenters. The number of methoxy groups -OCH3 is 1. The van der Waals surface area contributed by atoms with Crippen molar-refractivity contribution in [2.24, 2.45) is 0 Å². The first kappa shape index (κ1) is 19.2. The van der Waals surface area contributed by atoms with Crippen LogP contribution in [0.3, 0.4) is 0 Å². The van der Waals surface area contributed by atoms with E-state index in [2.05, 4.69) is 53.7 Å². The maximum absolute atomic E-state index is 12.7. The third-order valence-corrected chi connectivity index (χ3v) is 3.63. The summed E-state index contributed by atoms with van der Waals surface area (Å²) in [6.07, 6.45) is 0. The Kier molecular flexibility index (Phi) is 6.37. The molecule has 2 rings (SSSR count). The molecule has 126 valence electrons. The van der Waals surface area contributed by atoms with E-state index < -0.39 is 0 Å². The molecule has 0 N–H and O–H groups in total. The van der Waals surface area contributed by atoms with E-state index in [9.17, 15) is 4.39 Å². The molecule has 0 atom stereocenters. The summed E-state index contributed by atoms with van der Waals surface area (Å²) in [6.45, 7) is 12.8. The minimum Gasteiger partial charge on any atom is -0.497 e. The van der Waals surface area contributed by atoms with Gasteiger partial charge in [0.25, 0.3) is 0 Å². The molecular weight excluding hydrogens is 287 g/mol. The van der Waals surface area contributed by atoms with E-state index in [1.807, 2.05) is 18.2 Å². The third kappa shape index (κ3) is 6.43. The van der Waals surface area contributed by atoms with Crippen molar-refractivity contribution in [2.45, 2.75) is 52.4 Å². The minimum atomic E-state index is -0.155. The topological polar surface area (TPSA) is 9.23 Å². The van der Waals surface area contributed by atoms with Gasteiger partial charge in [0.15, 0.2) is 0 Å². The van der Waals surface area contributed by atoms with Gasteiger partial charge in [0.2, 0.25) is 0 Å². The average molecular weight is 316 g/mol. The number of rotatable bonds is 1. The summed E-state index contributed by atoms with van der Waals surface area (Å²) >= 11 is 0. The van der Waals surface area contributed by atoms with Gasteiger partial charge in [-0.05, 0) is 46.2 Å². The van der Waals surface area contributed by atoms with Gasteiger partial charge in [-0.2, -0.15) is 0 Å². The molecule has 0 aliphatic rings. The van der Waals surface area contributed by atoms with Crippen LogP contribution in [-0.2, 0) is 10.8 Å². The van der Waals surface area contributed by atoms with E-state index in [0.29, 0.717) is 0 Å². The molecule has 0 aliphatic carbocycles. The van der Waals surface area contributed by atoms with Gasteiger partial charge >= 0.3 is 0 Å². The molecule has 2 aromatic rings. The van der Waals surface area contributed by atoms with Gasteiger partial charge in [-0.3, -0.25) is 0 Å². The van der Waals surface area contributed by atoms with E-state index in [0.717, 1.165) is 11.3 Å². The van der Waals surface area contributed by atoms with Gasteiger partial charge in [-0.25, -0.2) is 4.39 Å². The van der Waals surface area contributed by atoms with Crippen LogP contribution < -0.4 is 4.74 Å². The lowest BCUT2D eigenvalue weighted by atomic mass is 9.87. The Morgan fingerprint density at radius 3 is 1.61 bits per heavy atom. The smallest absolute Gasteiger partial charge is 0.123 e. The summed E-state index contributed by atoms with van der Waals surface area (Å²) in [5.74, 6) is 0.778. The number of ether oxygens (including phenoxy) is 1. The van der Waals surface area contributed by atoms with Crippen LogP contribution >= 0.6 is 0 Å². The highest BCUT2D eigenvalue weighted by molar-refractivity contribution is 5.32. The first-order chi connectivity index (χ1) is 10.5. The molecule has 0 heterocycles. The zero-order chi connectivity index (χ0) is 17.7. The van der Waals surface area contributed by atoms with Crippen molar-refractivity contribution in [3.63, 3.8) is 0 Å². The van der Waals surface area contributed by atoms with Crippen molar-refractivity contribution >= 4 is 0 Å². The Bertz CT molecular complexity index is 618. The molecule has 1 nitrogen and oxygen atoms in total. The van der Waals surface area contributed by atoms with Crippen LogP contribution in [0.4, 0.5) is 4.39 Å². The van der Waals surface area contributed by atoms with E-state index >= 15 is 0 Å². The highest BCUT2D eigenvalue weighted by Crippen LogP contribution is 2.25. The zero-order valence-electron chi connectivity index (χ0n) is 15.4. The Morgan fingerprint density at radius 1 is 0.739 bits per heavy atom. The Morgan fingerprint density at radius 2 is 1.22 bits per heavy atom. The number of hydrogen-bond donors (Lipinski definition) is 0. The van der Waals surface area contributed by atoms with Crippen molar-refractivity contribution in [3.8, 4) is 5.75 Å². The van der Waals surface area contributed by atoms with Crippen LogP contribution in [0.5, 0.6) is 5.75 Å². The van der Waals surface area contributed by atoms with Crippen LogP contribution in [0.1, 0.15) is 52.7 Å². The highest BCUT2D eigenvalue weighted by Gasteiger charge is 2.14. The molecule has 0 aliphatic heterocycles. The average Bonchev–Trinajstić information content (AvgIpc) is 2.46. The summed E-state index contributed by atoms with van der Waals surface area (Å²) < 4.78 is 17.8. The Hall–Kier alpha value is -1.83. The van der Waals surface area contributed by atoms with Crippen molar-refractivity contribution < 1.29 is 9.13 Å². The fraction of sp³-hybridized carbons (Fsp3) is 0.429. The Labute approximate surface area is 140 Å². The predicted octanol–water partition coefficient (Wildman–Crippen LogP) is 6.12. The van der Waals surface area contributed by atoms with E-state index in [-0.39, 0.29) is 16.6 Å². The molecule has 2 aromatic carbocycles. The lowest BCUT2D eigenvalue weighted by Gasteiger charge is -2.19. The molecule has 0 spiro atoms. The second-order valence-electron chi connectivity index (χ2n) is 7.74.